The number of ether oxygens (including phenoxy) is 1. The SMILES string of the molecule is CNc1cnn(Cc2ccc(OC)c(F)c2)c1. The van der Waals surface area contributed by atoms with Crippen molar-refractivity contribution >= 4 is 5.69 Å². The lowest BCUT2D eigenvalue weighted by Crippen LogP contribution is -2.01. The average Bonchev–Trinajstić information content (AvgIpc) is 2.77. The van der Waals surface area contributed by atoms with Gasteiger partial charge in [-0.05, 0) is 17.7 Å². The number of nitrogens with one attached hydrogen (secondary N) is 1. The van der Waals surface area contributed by atoms with Crippen LogP contribution in [0, 0.1) is 5.82 Å². The number of rotatable bonds is 4. The summed E-state index contributed by atoms with van der Waals surface area (Å²) < 4.78 is 20.1. The summed E-state index contributed by atoms with van der Waals surface area (Å²) >= 11 is 0. The standard InChI is InChI=1S/C12H14FN3O/c1-14-10-6-15-16(8-10)7-9-3-4-12(17-2)11(13)5-9/h3-6,8,14H,7H2,1-2H3. The molecular weight excluding hydrogens is 221 g/mol. The second-order valence-corrected chi connectivity index (χ2v) is 3.65. The van der Waals surface area contributed by atoms with Crippen LogP contribution in [-0.4, -0.2) is 23.9 Å². The zero-order valence-electron chi connectivity index (χ0n) is 9.77. The molecule has 0 aliphatic heterocycles. The first-order valence-corrected chi connectivity index (χ1v) is 5.25. The van der Waals surface area contributed by atoms with Crippen molar-refractivity contribution in [2.75, 3.05) is 19.5 Å². The maximum absolute atomic E-state index is 13.5. The van der Waals surface area contributed by atoms with Crippen molar-refractivity contribution in [1.82, 2.24) is 9.78 Å². The van der Waals surface area contributed by atoms with Crippen LogP contribution in [0.5, 0.6) is 5.75 Å². The molecule has 0 bridgehead atoms. The maximum Gasteiger partial charge on any atom is 0.165 e. The van der Waals surface area contributed by atoms with Crippen molar-refractivity contribution in [3.05, 3.63) is 42.0 Å². The predicted molar refractivity (Wildman–Crippen MR) is 63.8 cm³/mol. The highest BCUT2D eigenvalue weighted by molar-refractivity contribution is 5.37. The molecule has 1 aromatic heterocycles. The van der Waals surface area contributed by atoms with E-state index in [0.29, 0.717) is 6.54 Å². The first-order valence-electron chi connectivity index (χ1n) is 5.25. The quantitative estimate of drug-likeness (QED) is 0.882. The lowest BCUT2D eigenvalue weighted by molar-refractivity contribution is 0.386. The fraction of sp³-hybridized carbons (Fsp3) is 0.250. The van der Waals surface area contributed by atoms with Crippen LogP contribution in [0.1, 0.15) is 5.56 Å². The van der Waals surface area contributed by atoms with Gasteiger partial charge in [0.05, 0.1) is 25.5 Å². The first kappa shape index (κ1) is 11.4. The molecule has 1 N–H and O–H groups in total. The number of hydrogen-bond donors (Lipinski definition) is 1. The number of methoxy groups -OCH3 is 1. The lowest BCUT2D eigenvalue weighted by Gasteiger charge is -2.05. The van der Waals surface area contributed by atoms with Gasteiger partial charge in [0, 0.05) is 13.2 Å². The van der Waals surface area contributed by atoms with E-state index < -0.39 is 0 Å². The molecule has 0 unspecified atom stereocenters. The van der Waals surface area contributed by atoms with Gasteiger partial charge >= 0.3 is 0 Å². The number of aromatic nitrogens is 2. The van der Waals surface area contributed by atoms with Gasteiger partial charge in [0.15, 0.2) is 11.6 Å². The van der Waals surface area contributed by atoms with E-state index in [1.54, 1.807) is 16.9 Å². The zero-order chi connectivity index (χ0) is 12.3. The highest BCUT2D eigenvalue weighted by Gasteiger charge is 2.04. The Kier molecular flexibility index (Phi) is 3.27. The van der Waals surface area contributed by atoms with Crippen LogP contribution >= 0.6 is 0 Å². The van der Waals surface area contributed by atoms with Crippen molar-refractivity contribution in [2.24, 2.45) is 0 Å². The summed E-state index contributed by atoms with van der Waals surface area (Å²) in [5.74, 6) is -0.101. The van der Waals surface area contributed by atoms with Crippen LogP contribution in [0.2, 0.25) is 0 Å². The Labute approximate surface area is 99.0 Å². The molecule has 0 radical (unpaired) electrons. The van der Waals surface area contributed by atoms with Crippen LogP contribution in [0.15, 0.2) is 30.6 Å². The van der Waals surface area contributed by atoms with E-state index in [4.69, 9.17) is 4.74 Å². The van der Waals surface area contributed by atoms with Gasteiger partial charge in [-0.15, -0.1) is 0 Å². The van der Waals surface area contributed by atoms with E-state index in [-0.39, 0.29) is 11.6 Å². The normalized spacial score (nSPS) is 10.3. The average molecular weight is 235 g/mol. The molecular formula is C12H14FN3O. The molecule has 4 nitrogen and oxygen atoms in total. The van der Waals surface area contributed by atoms with Crippen LogP contribution in [0.25, 0.3) is 0 Å². The largest absolute Gasteiger partial charge is 0.494 e. The Morgan fingerprint density at radius 2 is 2.29 bits per heavy atom. The summed E-state index contributed by atoms with van der Waals surface area (Å²) in [5.41, 5.74) is 1.77. The smallest absolute Gasteiger partial charge is 0.165 e. The number of anilines is 1. The molecule has 0 aliphatic rings. The highest BCUT2D eigenvalue weighted by Crippen LogP contribution is 2.18. The molecule has 17 heavy (non-hydrogen) atoms. The summed E-state index contributed by atoms with van der Waals surface area (Å²) in [5, 5.41) is 7.14. The molecule has 0 fully saturated rings. The fourth-order valence-electron chi connectivity index (χ4n) is 1.57. The number of nitrogens with zero attached hydrogens (tertiary/aromatic N) is 2. The van der Waals surface area contributed by atoms with Crippen molar-refractivity contribution in [3.63, 3.8) is 0 Å². The first-order chi connectivity index (χ1) is 8.22. The van der Waals surface area contributed by atoms with Crippen LogP contribution in [-0.2, 0) is 6.54 Å². The lowest BCUT2D eigenvalue weighted by atomic mass is 10.2. The summed E-state index contributed by atoms with van der Waals surface area (Å²) in [6, 6.07) is 4.90. The molecule has 0 amide bonds. The Bertz CT molecular complexity index is 510. The Morgan fingerprint density at radius 1 is 1.47 bits per heavy atom. The summed E-state index contributed by atoms with van der Waals surface area (Å²) in [4.78, 5) is 0. The number of halogens is 1. The zero-order valence-corrected chi connectivity index (χ0v) is 9.77. The predicted octanol–water partition coefficient (Wildman–Crippen LogP) is 2.12. The van der Waals surface area contributed by atoms with Crippen LogP contribution in [0.4, 0.5) is 10.1 Å². The van der Waals surface area contributed by atoms with Crippen LogP contribution in [0.3, 0.4) is 0 Å². The van der Waals surface area contributed by atoms with E-state index >= 15 is 0 Å². The van der Waals surface area contributed by atoms with Gasteiger partial charge in [0.25, 0.3) is 0 Å². The van der Waals surface area contributed by atoms with Crippen molar-refractivity contribution < 1.29 is 9.13 Å². The third kappa shape index (κ3) is 2.55. The Hall–Kier alpha value is -2.04. The van der Waals surface area contributed by atoms with Crippen molar-refractivity contribution in [3.8, 4) is 5.75 Å². The monoisotopic (exact) mass is 235 g/mol. The van der Waals surface area contributed by atoms with Gasteiger partial charge < -0.3 is 10.1 Å². The Balaban J connectivity index is 2.15. The van der Waals surface area contributed by atoms with Gasteiger partial charge in [-0.2, -0.15) is 5.10 Å². The third-order valence-corrected chi connectivity index (χ3v) is 2.48. The molecule has 1 heterocycles. The minimum atomic E-state index is -0.356. The number of benzene rings is 1. The summed E-state index contributed by atoms with van der Waals surface area (Å²) in [6.07, 6.45) is 3.59. The fourth-order valence-corrected chi connectivity index (χ4v) is 1.57. The summed E-state index contributed by atoms with van der Waals surface area (Å²) in [7, 11) is 3.28. The maximum atomic E-state index is 13.5. The van der Waals surface area contributed by atoms with Crippen LogP contribution < -0.4 is 10.1 Å². The van der Waals surface area contributed by atoms with Gasteiger partial charge in [-0.25, -0.2) is 4.39 Å². The third-order valence-electron chi connectivity index (χ3n) is 2.48. The van der Waals surface area contributed by atoms with Crippen molar-refractivity contribution in [1.29, 1.82) is 0 Å². The van der Waals surface area contributed by atoms with Crippen molar-refractivity contribution in [2.45, 2.75) is 6.54 Å². The molecule has 0 spiro atoms. The molecule has 0 aliphatic carbocycles. The molecule has 90 valence electrons. The number of hydrogen-bond acceptors (Lipinski definition) is 3. The molecule has 5 heteroatoms. The van der Waals surface area contributed by atoms with Gasteiger partial charge in [-0.1, -0.05) is 6.07 Å². The molecule has 0 saturated carbocycles. The highest BCUT2D eigenvalue weighted by atomic mass is 19.1. The molecule has 0 saturated heterocycles. The van der Waals surface area contributed by atoms with E-state index in [9.17, 15) is 4.39 Å². The second-order valence-electron chi connectivity index (χ2n) is 3.65. The molecule has 2 aromatic rings. The summed E-state index contributed by atoms with van der Waals surface area (Å²) in [6.45, 7) is 0.530. The second kappa shape index (κ2) is 4.86. The minimum absolute atomic E-state index is 0.255. The van der Waals surface area contributed by atoms with E-state index in [0.717, 1.165) is 11.3 Å². The van der Waals surface area contributed by atoms with Gasteiger partial charge in [-0.3, -0.25) is 4.68 Å². The Morgan fingerprint density at radius 3 is 2.88 bits per heavy atom. The topological polar surface area (TPSA) is 39.1 Å². The minimum Gasteiger partial charge on any atom is -0.494 e. The molecule has 0 atom stereocenters. The van der Waals surface area contributed by atoms with E-state index in [2.05, 4.69) is 10.4 Å². The van der Waals surface area contributed by atoms with E-state index in [1.807, 2.05) is 19.3 Å². The van der Waals surface area contributed by atoms with Gasteiger partial charge in [0.1, 0.15) is 0 Å². The van der Waals surface area contributed by atoms with Gasteiger partial charge in [0.2, 0.25) is 0 Å². The van der Waals surface area contributed by atoms with E-state index in [1.165, 1.54) is 13.2 Å². The molecule has 2 rings (SSSR count). The molecule has 1 aromatic carbocycles.